The molecule has 1 N–H and O–H groups in total. The predicted molar refractivity (Wildman–Crippen MR) is 185 cm³/mol. The molecular formula is C35H28Cl2F3N3O5S. The maximum absolute atomic E-state index is 12.7. The molecule has 0 saturated heterocycles. The molecule has 14 heteroatoms. The number of esters is 1. The van der Waals surface area contributed by atoms with Crippen LogP contribution < -0.4 is 9.46 Å². The lowest BCUT2D eigenvalue weighted by Crippen LogP contribution is -2.28. The van der Waals surface area contributed by atoms with Crippen molar-refractivity contribution in [1.29, 1.82) is 0 Å². The monoisotopic (exact) mass is 729 g/mol. The van der Waals surface area contributed by atoms with Crippen LogP contribution >= 0.6 is 23.2 Å². The van der Waals surface area contributed by atoms with Crippen LogP contribution in [0, 0.1) is 0 Å². The van der Waals surface area contributed by atoms with Crippen molar-refractivity contribution in [3.8, 4) is 28.1 Å². The van der Waals surface area contributed by atoms with Gasteiger partial charge < -0.3 is 14.0 Å². The zero-order valence-electron chi connectivity index (χ0n) is 26.0. The van der Waals surface area contributed by atoms with Crippen LogP contribution in [-0.4, -0.2) is 50.1 Å². The molecule has 5 rings (SSSR count). The third-order valence-corrected chi connectivity index (χ3v) is 9.02. The fourth-order valence-electron chi connectivity index (χ4n) is 4.91. The van der Waals surface area contributed by atoms with E-state index in [4.69, 9.17) is 37.7 Å². The minimum Gasteiger partial charge on any atom is -0.495 e. The van der Waals surface area contributed by atoms with Gasteiger partial charge in [-0.3, -0.25) is 4.72 Å². The van der Waals surface area contributed by atoms with E-state index in [-0.39, 0.29) is 11.4 Å². The smallest absolute Gasteiger partial charge is 0.404 e. The van der Waals surface area contributed by atoms with Crippen molar-refractivity contribution in [1.82, 2.24) is 9.55 Å². The summed E-state index contributed by atoms with van der Waals surface area (Å²) in [6.45, 7) is 0.447. The summed E-state index contributed by atoms with van der Waals surface area (Å²) in [5.74, 6) is -1.74. The summed E-state index contributed by atoms with van der Waals surface area (Å²) in [6, 6.07) is 24.1. The largest absolute Gasteiger partial charge is 0.495 e. The molecule has 0 aliphatic carbocycles. The topological polar surface area (TPSA) is 99.5 Å². The van der Waals surface area contributed by atoms with Gasteiger partial charge in [0.2, 0.25) is 10.0 Å². The molecule has 5 aromatic rings. The van der Waals surface area contributed by atoms with Gasteiger partial charge in [-0.1, -0.05) is 71.7 Å². The van der Waals surface area contributed by atoms with E-state index >= 15 is 0 Å². The highest BCUT2D eigenvalue weighted by molar-refractivity contribution is 7.92. The molecule has 4 aromatic carbocycles. The Morgan fingerprint density at radius 1 is 0.918 bits per heavy atom. The highest BCUT2D eigenvalue weighted by Crippen LogP contribution is 2.33. The number of imidazole rings is 1. The quantitative estimate of drug-likeness (QED) is 0.136. The SMILES string of the molecule is COC(=O)c1ccc(Cn2cc(-c3ccc(Cl)cc3Cl)nc2/C=C/c2ccc(-c3ccc(NS(=O)(=O)CC(F)(F)F)c(OC)c3)cc2)cc1. The number of alkyl halides is 3. The average molecular weight is 731 g/mol. The summed E-state index contributed by atoms with van der Waals surface area (Å²) in [7, 11) is -2.06. The van der Waals surface area contributed by atoms with Gasteiger partial charge >= 0.3 is 12.1 Å². The second-order valence-electron chi connectivity index (χ2n) is 10.8. The van der Waals surface area contributed by atoms with E-state index < -0.39 is 27.9 Å². The lowest BCUT2D eigenvalue weighted by atomic mass is 10.0. The van der Waals surface area contributed by atoms with Crippen LogP contribution in [0.25, 0.3) is 34.5 Å². The van der Waals surface area contributed by atoms with Crippen LogP contribution in [0.1, 0.15) is 27.3 Å². The summed E-state index contributed by atoms with van der Waals surface area (Å²) in [4.78, 5) is 16.7. The second kappa shape index (κ2) is 14.8. The first-order valence-electron chi connectivity index (χ1n) is 14.5. The summed E-state index contributed by atoms with van der Waals surface area (Å²) in [5, 5.41) is 0.955. The van der Waals surface area contributed by atoms with Gasteiger partial charge in [0.05, 0.1) is 36.2 Å². The number of aromatic nitrogens is 2. The van der Waals surface area contributed by atoms with Gasteiger partial charge in [0.25, 0.3) is 0 Å². The fraction of sp³-hybridized carbons (Fsp3) is 0.143. The number of nitrogens with one attached hydrogen (secondary N) is 1. The van der Waals surface area contributed by atoms with Gasteiger partial charge in [-0.25, -0.2) is 18.2 Å². The van der Waals surface area contributed by atoms with Crippen LogP contribution in [0.2, 0.25) is 10.0 Å². The highest BCUT2D eigenvalue weighted by atomic mass is 35.5. The number of methoxy groups -OCH3 is 2. The van der Waals surface area contributed by atoms with Crippen molar-refractivity contribution < 1.29 is 35.9 Å². The van der Waals surface area contributed by atoms with Crippen LogP contribution in [-0.2, 0) is 21.3 Å². The van der Waals surface area contributed by atoms with Gasteiger partial charge in [-0.05, 0) is 70.8 Å². The lowest BCUT2D eigenvalue weighted by Gasteiger charge is -2.14. The van der Waals surface area contributed by atoms with Crippen molar-refractivity contribution in [3.63, 3.8) is 0 Å². The molecule has 0 amide bonds. The molecular weight excluding hydrogens is 702 g/mol. The number of benzene rings is 4. The Kier molecular flexibility index (Phi) is 10.7. The molecule has 0 saturated carbocycles. The van der Waals surface area contributed by atoms with Crippen LogP contribution in [0.5, 0.6) is 5.75 Å². The molecule has 254 valence electrons. The number of rotatable bonds is 11. The molecule has 0 fully saturated rings. The van der Waals surface area contributed by atoms with Crippen molar-refractivity contribution in [2.45, 2.75) is 12.7 Å². The first kappa shape index (κ1) is 35.5. The molecule has 0 unspecified atom stereocenters. The number of ether oxygens (including phenoxy) is 2. The van der Waals surface area contributed by atoms with Crippen molar-refractivity contribution in [2.75, 3.05) is 24.7 Å². The number of nitrogens with zero attached hydrogens (tertiary/aromatic N) is 2. The third-order valence-electron chi connectivity index (χ3n) is 7.23. The second-order valence-corrected chi connectivity index (χ2v) is 13.3. The molecule has 0 atom stereocenters. The van der Waals surface area contributed by atoms with E-state index in [0.717, 1.165) is 16.7 Å². The van der Waals surface area contributed by atoms with E-state index in [9.17, 15) is 26.4 Å². The van der Waals surface area contributed by atoms with Crippen LogP contribution in [0.4, 0.5) is 18.9 Å². The zero-order chi connectivity index (χ0) is 35.3. The fourth-order valence-corrected chi connectivity index (χ4v) is 6.42. The molecule has 1 aromatic heterocycles. The number of carbonyl (C=O) groups is 1. The Hall–Kier alpha value is -4.78. The Labute approximate surface area is 290 Å². The van der Waals surface area contributed by atoms with Crippen molar-refractivity contribution in [2.24, 2.45) is 0 Å². The van der Waals surface area contributed by atoms with Gasteiger partial charge in [-0.15, -0.1) is 0 Å². The molecule has 8 nitrogen and oxygen atoms in total. The Morgan fingerprint density at radius 2 is 1.61 bits per heavy atom. The summed E-state index contributed by atoms with van der Waals surface area (Å²) in [5.41, 5.74) is 4.86. The molecule has 0 aliphatic heterocycles. The molecule has 0 aliphatic rings. The van der Waals surface area contributed by atoms with Crippen LogP contribution in [0.3, 0.4) is 0 Å². The zero-order valence-corrected chi connectivity index (χ0v) is 28.3. The van der Waals surface area contributed by atoms with Gasteiger partial charge in [0.15, 0.2) is 5.75 Å². The highest BCUT2D eigenvalue weighted by Gasteiger charge is 2.35. The molecule has 0 spiro atoms. The number of carbonyl (C=O) groups excluding carboxylic acids is 1. The first-order chi connectivity index (χ1) is 23.2. The first-order valence-corrected chi connectivity index (χ1v) is 16.9. The minimum atomic E-state index is -4.89. The van der Waals surface area contributed by atoms with E-state index in [1.807, 2.05) is 64.0 Å². The van der Waals surface area contributed by atoms with Gasteiger partial charge in [-0.2, -0.15) is 13.2 Å². The third kappa shape index (κ3) is 9.23. The molecule has 49 heavy (non-hydrogen) atoms. The minimum absolute atomic E-state index is 0.0654. The molecule has 1 heterocycles. The molecule has 0 bridgehead atoms. The normalized spacial score (nSPS) is 11.9. The number of halogens is 5. The van der Waals surface area contributed by atoms with Crippen molar-refractivity contribution in [3.05, 3.63) is 124 Å². The Balaban J connectivity index is 1.39. The van der Waals surface area contributed by atoms with E-state index in [1.54, 1.807) is 36.4 Å². The maximum atomic E-state index is 12.7. The average Bonchev–Trinajstić information content (AvgIpc) is 3.44. The number of sulfonamides is 1. The summed E-state index contributed by atoms with van der Waals surface area (Å²) in [6.07, 6.45) is 0.734. The van der Waals surface area contributed by atoms with Crippen LogP contribution in [0.15, 0.2) is 91.1 Å². The Morgan fingerprint density at radius 3 is 2.24 bits per heavy atom. The number of anilines is 1. The lowest BCUT2D eigenvalue weighted by molar-refractivity contribution is -0.106. The Bertz CT molecular complexity index is 2120. The summed E-state index contributed by atoms with van der Waals surface area (Å²) >= 11 is 12.6. The number of hydrogen-bond donors (Lipinski definition) is 1. The van der Waals surface area contributed by atoms with E-state index in [1.165, 1.54) is 26.4 Å². The maximum Gasteiger partial charge on any atom is 0.404 e. The van der Waals surface area contributed by atoms with E-state index in [2.05, 4.69) is 0 Å². The molecule has 0 radical (unpaired) electrons. The predicted octanol–water partition coefficient (Wildman–Crippen LogP) is 8.84. The van der Waals surface area contributed by atoms with Crippen molar-refractivity contribution >= 4 is 57.0 Å². The van der Waals surface area contributed by atoms with Gasteiger partial charge in [0, 0.05) is 23.3 Å². The van der Waals surface area contributed by atoms with Gasteiger partial charge in [0.1, 0.15) is 11.6 Å². The summed E-state index contributed by atoms with van der Waals surface area (Å²) < 4.78 is 75.9. The number of hydrogen-bond acceptors (Lipinski definition) is 6. The van der Waals surface area contributed by atoms with E-state index in [0.29, 0.717) is 44.8 Å². The standard InChI is InChI=1S/C35H28Cl2F3N3O5S/c1-47-32-17-26(12-15-30(32)42-49(45,46)21-35(38,39)40)24-8-3-22(4-9-24)7-16-33-41-31(28-14-13-27(36)18-29(28)37)20-43(33)19-23-5-10-25(11-6-23)34(44)48-2/h3-18,20,42H,19,21H2,1-2H3/b16-7+.